The Kier molecular flexibility index (Phi) is 5.33. The molecule has 2 heterocycles. The molecule has 148 valence electrons. The maximum absolute atomic E-state index is 13.2. The fourth-order valence-electron chi connectivity index (χ4n) is 3.42. The zero-order valence-electron chi connectivity index (χ0n) is 16.5. The Bertz CT molecular complexity index is 1010. The van der Waals surface area contributed by atoms with Gasteiger partial charge in [0, 0.05) is 36.8 Å². The predicted octanol–water partition coefficient (Wildman–Crippen LogP) is 4.21. The maximum atomic E-state index is 13.2. The molecule has 0 spiro atoms. The Balaban J connectivity index is 1.58. The Morgan fingerprint density at radius 2 is 1.93 bits per heavy atom. The van der Waals surface area contributed by atoms with Crippen molar-refractivity contribution in [2.45, 2.75) is 6.54 Å². The molecule has 2 aromatic carbocycles. The van der Waals surface area contributed by atoms with Crippen molar-refractivity contribution in [2.24, 2.45) is 0 Å². The third kappa shape index (κ3) is 4.01. The second-order valence-corrected chi connectivity index (χ2v) is 6.87. The second-order valence-electron chi connectivity index (χ2n) is 6.87. The van der Waals surface area contributed by atoms with E-state index < -0.39 is 0 Å². The number of methoxy groups -OCH3 is 1. The second kappa shape index (κ2) is 8.22. The van der Waals surface area contributed by atoms with E-state index in [2.05, 4.69) is 11.1 Å². The van der Waals surface area contributed by atoms with E-state index >= 15 is 0 Å². The SMILES string of the molecule is COc1cccc(N(C)C(=O)N2CCOc3ccc(-c4ccncc4)cc3C2)c1. The first-order chi connectivity index (χ1) is 14.2. The van der Waals surface area contributed by atoms with Crippen LogP contribution in [0.25, 0.3) is 11.1 Å². The highest BCUT2D eigenvalue weighted by molar-refractivity contribution is 5.91. The van der Waals surface area contributed by atoms with Gasteiger partial charge in [-0.2, -0.15) is 0 Å². The summed E-state index contributed by atoms with van der Waals surface area (Å²) < 4.78 is 11.2. The van der Waals surface area contributed by atoms with Crippen LogP contribution in [0.2, 0.25) is 0 Å². The number of carbonyl (C=O) groups is 1. The standard InChI is InChI=1S/C23H23N3O3/c1-25(20-4-3-5-21(15-20)28-2)23(27)26-12-13-29-22-7-6-18(14-19(22)16-26)17-8-10-24-11-9-17/h3-11,14-15H,12-13,16H2,1-2H3. The van der Waals surface area contributed by atoms with Gasteiger partial charge in [0.05, 0.1) is 20.2 Å². The minimum absolute atomic E-state index is 0.0796. The highest BCUT2D eigenvalue weighted by Gasteiger charge is 2.24. The number of amides is 2. The number of pyridine rings is 1. The minimum atomic E-state index is -0.0796. The molecule has 0 saturated heterocycles. The monoisotopic (exact) mass is 389 g/mol. The number of rotatable bonds is 3. The first-order valence-corrected chi connectivity index (χ1v) is 9.48. The number of fused-ring (bicyclic) bond motifs is 1. The molecule has 2 amide bonds. The summed E-state index contributed by atoms with van der Waals surface area (Å²) in [6, 6.07) is 17.4. The van der Waals surface area contributed by atoms with Crippen molar-refractivity contribution >= 4 is 11.7 Å². The fraction of sp³-hybridized carbons (Fsp3) is 0.217. The van der Waals surface area contributed by atoms with Crippen LogP contribution in [-0.2, 0) is 6.54 Å². The maximum Gasteiger partial charge on any atom is 0.324 e. The van der Waals surface area contributed by atoms with Gasteiger partial charge in [0.15, 0.2) is 0 Å². The van der Waals surface area contributed by atoms with Crippen LogP contribution in [0.15, 0.2) is 67.0 Å². The van der Waals surface area contributed by atoms with Gasteiger partial charge in [0.25, 0.3) is 0 Å². The van der Waals surface area contributed by atoms with Gasteiger partial charge in [0.2, 0.25) is 0 Å². The average molecular weight is 389 g/mol. The van der Waals surface area contributed by atoms with E-state index in [1.807, 2.05) is 53.4 Å². The number of carbonyl (C=O) groups excluding carboxylic acids is 1. The van der Waals surface area contributed by atoms with Gasteiger partial charge in [-0.3, -0.25) is 9.88 Å². The van der Waals surface area contributed by atoms with Crippen molar-refractivity contribution in [3.8, 4) is 22.6 Å². The normalized spacial score (nSPS) is 13.1. The number of urea groups is 1. The summed E-state index contributed by atoms with van der Waals surface area (Å²) in [5.41, 5.74) is 3.93. The summed E-state index contributed by atoms with van der Waals surface area (Å²) in [5.74, 6) is 1.54. The van der Waals surface area contributed by atoms with Crippen LogP contribution in [0.4, 0.5) is 10.5 Å². The lowest BCUT2D eigenvalue weighted by Gasteiger charge is -2.27. The lowest BCUT2D eigenvalue weighted by molar-refractivity contribution is 0.195. The molecule has 29 heavy (non-hydrogen) atoms. The van der Waals surface area contributed by atoms with E-state index in [-0.39, 0.29) is 6.03 Å². The summed E-state index contributed by atoms with van der Waals surface area (Å²) in [5, 5.41) is 0. The number of hydrogen-bond acceptors (Lipinski definition) is 4. The smallest absolute Gasteiger partial charge is 0.324 e. The largest absolute Gasteiger partial charge is 0.497 e. The molecule has 1 aliphatic rings. The Labute approximate surface area is 170 Å². The fourth-order valence-corrected chi connectivity index (χ4v) is 3.42. The molecule has 0 aliphatic carbocycles. The van der Waals surface area contributed by atoms with Gasteiger partial charge in [-0.25, -0.2) is 4.79 Å². The number of hydrogen-bond donors (Lipinski definition) is 0. The first kappa shape index (κ1) is 18.8. The van der Waals surface area contributed by atoms with Crippen LogP contribution in [0, 0.1) is 0 Å². The molecule has 3 aromatic rings. The van der Waals surface area contributed by atoms with Crippen LogP contribution >= 0.6 is 0 Å². The minimum Gasteiger partial charge on any atom is -0.497 e. The number of benzene rings is 2. The van der Waals surface area contributed by atoms with Gasteiger partial charge in [0.1, 0.15) is 18.1 Å². The van der Waals surface area contributed by atoms with E-state index in [1.54, 1.807) is 31.5 Å². The van der Waals surface area contributed by atoms with Crippen LogP contribution in [0.5, 0.6) is 11.5 Å². The lowest BCUT2D eigenvalue weighted by Crippen LogP contribution is -2.41. The van der Waals surface area contributed by atoms with Crippen molar-refractivity contribution < 1.29 is 14.3 Å². The topological polar surface area (TPSA) is 54.9 Å². The van der Waals surface area contributed by atoms with Crippen molar-refractivity contribution in [3.63, 3.8) is 0 Å². The summed E-state index contributed by atoms with van der Waals surface area (Å²) >= 11 is 0. The summed E-state index contributed by atoms with van der Waals surface area (Å²) in [7, 11) is 3.39. The number of ether oxygens (including phenoxy) is 2. The van der Waals surface area contributed by atoms with Crippen LogP contribution in [-0.4, -0.2) is 43.2 Å². The highest BCUT2D eigenvalue weighted by atomic mass is 16.5. The molecule has 0 saturated carbocycles. The Morgan fingerprint density at radius 3 is 2.72 bits per heavy atom. The van der Waals surface area contributed by atoms with E-state index in [1.165, 1.54) is 0 Å². The number of aromatic nitrogens is 1. The van der Waals surface area contributed by atoms with Gasteiger partial charge in [-0.05, 0) is 47.5 Å². The molecule has 1 aliphatic heterocycles. The van der Waals surface area contributed by atoms with Crippen molar-refractivity contribution in [2.75, 3.05) is 32.2 Å². The highest BCUT2D eigenvalue weighted by Crippen LogP contribution is 2.30. The molecule has 4 rings (SSSR count). The van der Waals surface area contributed by atoms with Crippen LogP contribution < -0.4 is 14.4 Å². The molecule has 6 heteroatoms. The van der Waals surface area contributed by atoms with E-state index in [9.17, 15) is 4.79 Å². The molecule has 0 atom stereocenters. The Morgan fingerprint density at radius 1 is 1.10 bits per heavy atom. The van der Waals surface area contributed by atoms with Gasteiger partial charge >= 0.3 is 6.03 Å². The predicted molar refractivity (Wildman–Crippen MR) is 112 cm³/mol. The zero-order chi connectivity index (χ0) is 20.2. The molecular weight excluding hydrogens is 366 g/mol. The molecule has 0 fully saturated rings. The molecule has 0 unspecified atom stereocenters. The molecular formula is C23H23N3O3. The van der Waals surface area contributed by atoms with Crippen molar-refractivity contribution in [1.82, 2.24) is 9.88 Å². The van der Waals surface area contributed by atoms with E-state index in [0.717, 1.165) is 28.1 Å². The third-order valence-electron chi connectivity index (χ3n) is 5.05. The molecule has 0 N–H and O–H groups in total. The van der Waals surface area contributed by atoms with Gasteiger partial charge in [-0.15, -0.1) is 0 Å². The number of anilines is 1. The quantitative estimate of drug-likeness (QED) is 0.673. The van der Waals surface area contributed by atoms with Crippen molar-refractivity contribution in [1.29, 1.82) is 0 Å². The van der Waals surface area contributed by atoms with Gasteiger partial charge < -0.3 is 14.4 Å². The third-order valence-corrected chi connectivity index (χ3v) is 5.05. The molecule has 0 bridgehead atoms. The van der Waals surface area contributed by atoms with Crippen LogP contribution in [0.3, 0.4) is 0 Å². The van der Waals surface area contributed by atoms with Crippen LogP contribution in [0.1, 0.15) is 5.56 Å². The molecule has 6 nitrogen and oxygen atoms in total. The Hall–Kier alpha value is -3.54. The van der Waals surface area contributed by atoms with E-state index in [4.69, 9.17) is 9.47 Å². The summed E-state index contributed by atoms with van der Waals surface area (Å²) in [6.45, 7) is 1.47. The summed E-state index contributed by atoms with van der Waals surface area (Å²) in [6.07, 6.45) is 3.55. The number of nitrogens with zero attached hydrogens (tertiary/aromatic N) is 3. The van der Waals surface area contributed by atoms with Crippen molar-refractivity contribution in [3.05, 3.63) is 72.6 Å². The van der Waals surface area contributed by atoms with Gasteiger partial charge in [-0.1, -0.05) is 12.1 Å². The average Bonchev–Trinajstić information content (AvgIpc) is 3.00. The first-order valence-electron chi connectivity index (χ1n) is 9.48. The molecule has 1 aromatic heterocycles. The summed E-state index contributed by atoms with van der Waals surface area (Å²) in [4.78, 5) is 20.7. The zero-order valence-corrected chi connectivity index (χ0v) is 16.5. The lowest BCUT2D eigenvalue weighted by atomic mass is 10.0. The van der Waals surface area contributed by atoms with E-state index in [0.29, 0.717) is 25.4 Å². The molecule has 0 radical (unpaired) electrons.